The number of carbonyl (C=O) groups is 5. The number of urea groups is 1. The van der Waals surface area contributed by atoms with Gasteiger partial charge in [0.2, 0.25) is 17.6 Å². The Kier molecular flexibility index (Phi) is 23.1. The van der Waals surface area contributed by atoms with Gasteiger partial charge in [0.25, 0.3) is 0 Å². The summed E-state index contributed by atoms with van der Waals surface area (Å²) in [7, 11) is 3.37. The number of rotatable bonds is 12. The molecule has 1 fully saturated rings. The van der Waals surface area contributed by atoms with Gasteiger partial charge >= 0.3 is 6.03 Å². The highest BCUT2D eigenvalue weighted by molar-refractivity contribution is 6.28. The minimum absolute atomic E-state index is 0.141. The summed E-state index contributed by atoms with van der Waals surface area (Å²) >= 11 is 0. The van der Waals surface area contributed by atoms with Crippen molar-refractivity contribution < 1.29 is 24.0 Å². The van der Waals surface area contributed by atoms with E-state index < -0.39 is 35.8 Å². The first-order valence-electron chi connectivity index (χ1n) is 16.5. The summed E-state index contributed by atoms with van der Waals surface area (Å²) in [5, 5.41) is 10.8. The molecule has 10 nitrogen and oxygen atoms in total. The number of nitrogens with zero attached hydrogens (tertiary/aromatic N) is 1. The van der Waals surface area contributed by atoms with Gasteiger partial charge in [0.15, 0.2) is 6.29 Å². The van der Waals surface area contributed by atoms with E-state index in [0.29, 0.717) is 32.2 Å². The standard InChI is InChI=1S/C25H30N4O5.C4H9N.C4H10.C3H8/c1-3-4-10-19(21(31)15-30)27-23(32)20-11-7-12-29(20)24(33)22(28-25(34)26-2)18-13-16-8-5-6-9-17(16)14-18;1-3-4-5-2;1-3-4-2;1-3-2/h1,5-6,8-9,15,18-20,22H,4,7,10-14H2,2H3,(H,27,32)(H2,26,28,34);3,5H,1,4H2,2H3;3-4H2,1-2H3;3H2,1-2H3. The molecule has 0 bridgehead atoms. The molecule has 3 unspecified atom stereocenters. The van der Waals surface area contributed by atoms with E-state index in [4.69, 9.17) is 6.42 Å². The number of benzene rings is 1. The maximum absolute atomic E-state index is 13.7. The third kappa shape index (κ3) is 14.9. The molecular weight excluding hydrogens is 582 g/mol. The lowest BCUT2D eigenvalue weighted by molar-refractivity contribution is -0.141. The topological polar surface area (TPSA) is 137 Å². The molecule has 10 heteroatoms. The van der Waals surface area contributed by atoms with Gasteiger partial charge < -0.3 is 26.2 Å². The Labute approximate surface area is 276 Å². The van der Waals surface area contributed by atoms with Gasteiger partial charge in [-0.1, -0.05) is 77.3 Å². The number of likely N-dealkylation sites (tertiary alicyclic amines) is 1. The first-order valence-corrected chi connectivity index (χ1v) is 16.5. The molecule has 3 rings (SSSR count). The fourth-order valence-electron chi connectivity index (χ4n) is 4.91. The van der Waals surface area contributed by atoms with Crippen LogP contribution in [0.25, 0.3) is 0 Å². The Morgan fingerprint density at radius 3 is 2.07 bits per heavy atom. The number of nitrogens with one attached hydrogen (secondary N) is 4. The number of carbonyl (C=O) groups excluding carboxylic acids is 5. The molecule has 2 aliphatic rings. The lowest BCUT2D eigenvalue weighted by Gasteiger charge is -2.32. The molecule has 0 radical (unpaired) electrons. The smallest absolute Gasteiger partial charge is 0.315 e. The zero-order valence-corrected chi connectivity index (χ0v) is 28.8. The number of fused-ring (bicyclic) bond motifs is 1. The van der Waals surface area contributed by atoms with Crippen LogP contribution in [0.1, 0.15) is 83.8 Å². The molecule has 4 amide bonds. The minimum atomic E-state index is -1.03. The Bertz CT molecular complexity index is 1110. The number of ketones is 1. The zero-order chi connectivity index (χ0) is 34.9. The van der Waals surface area contributed by atoms with Crippen molar-refractivity contribution in [2.75, 3.05) is 27.2 Å². The molecule has 46 heavy (non-hydrogen) atoms. The van der Waals surface area contributed by atoms with Gasteiger partial charge in [-0.15, -0.1) is 18.9 Å². The molecule has 1 aromatic carbocycles. The van der Waals surface area contributed by atoms with Crippen molar-refractivity contribution >= 4 is 29.9 Å². The minimum Gasteiger partial charge on any atom is -0.344 e. The molecule has 1 heterocycles. The lowest BCUT2D eigenvalue weighted by atomic mass is 9.95. The second-order valence-corrected chi connectivity index (χ2v) is 11.2. The van der Waals surface area contributed by atoms with Crippen LogP contribution < -0.4 is 21.3 Å². The van der Waals surface area contributed by atoms with Crippen molar-refractivity contribution in [3.63, 3.8) is 0 Å². The molecule has 1 aromatic rings. The highest BCUT2D eigenvalue weighted by Gasteiger charge is 2.42. The monoisotopic (exact) mass is 639 g/mol. The predicted molar refractivity (Wildman–Crippen MR) is 185 cm³/mol. The summed E-state index contributed by atoms with van der Waals surface area (Å²) in [5.74, 6) is 0.650. The number of amides is 4. The zero-order valence-electron chi connectivity index (χ0n) is 28.8. The molecule has 4 N–H and O–H groups in total. The second kappa shape index (κ2) is 25.2. The van der Waals surface area contributed by atoms with E-state index in [1.807, 2.05) is 37.4 Å². The van der Waals surface area contributed by atoms with Crippen LogP contribution in [-0.4, -0.2) is 80.1 Å². The third-order valence-corrected chi connectivity index (χ3v) is 7.37. The molecule has 0 spiro atoms. The van der Waals surface area contributed by atoms with Crippen LogP contribution in [0.2, 0.25) is 0 Å². The van der Waals surface area contributed by atoms with E-state index in [1.165, 1.54) is 31.2 Å². The summed E-state index contributed by atoms with van der Waals surface area (Å²) in [5.41, 5.74) is 2.28. The van der Waals surface area contributed by atoms with Gasteiger partial charge in [-0.2, -0.15) is 0 Å². The third-order valence-electron chi connectivity index (χ3n) is 7.37. The predicted octanol–water partition coefficient (Wildman–Crippen LogP) is 3.97. The maximum atomic E-state index is 13.7. The molecule has 1 aliphatic heterocycles. The highest BCUT2D eigenvalue weighted by Crippen LogP contribution is 2.31. The van der Waals surface area contributed by atoms with Crippen LogP contribution in [0, 0.1) is 18.3 Å². The lowest BCUT2D eigenvalue weighted by Crippen LogP contribution is -2.58. The SMILES string of the molecule is C#CCCC(NC(=O)C1CCCN1C(=O)C(NC(=O)NC)C1Cc2ccccc2C1)C(=O)C=O.C=CCNC.CCC.CCCC. The molecule has 3 atom stereocenters. The van der Waals surface area contributed by atoms with E-state index in [9.17, 15) is 24.0 Å². The van der Waals surface area contributed by atoms with E-state index in [-0.39, 0.29) is 31.0 Å². The van der Waals surface area contributed by atoms with Crippen molar-refractivity contribution in [1.82, 2.24) is 26.2 Å². The van der Waals surface area contributed by atoms with Crippen molar-refractivity contribution in [3.8, 4) is 12.3 Å². The van der Waals surface area contributed by atoms with Gasteiger partial charge in [-0.25, -0.2) is 4.79 Å². The Hall–Kier alpha value is -3.97. The molecule has 256 valence electrons. The molecular formula is C36H57N5O5. The van der Waals surface area contributed by atoms with Crippen LogP contribution in [-0.2, 0) is 32.0 Å². The number of terminal acetylenes is 1. The normalized spacial score (nSPS) is 15.8. The first-order chi connectivity index (χ1) is 22.1. The molecule has 1 aliphatic carbocycles. The molecule has 1 saturated heterocycles. The largest absolute Gasteiger partial charge is 0.344 e. The molecule has 0 saturated carbocycles. The van der Waals surface area contributed by atoms with Crippen LogP contribution in [0.5, 0.6) is 0 Å². The van der Waals surface area contributed by atoms with Crippen molar-refractivity contribution in [2.24, 2.45) is 5.92 Å². The average molecular weight is 640 g/mol. The van der Waals surface area contributed by atoms with E-state index >= 15 is 0 Å². The average Bonchev–Trinajstić information content (AvgIpc) is 3.74. The summed E-state index contributed by atoms with van der Waals surface area (Å²) in [6.07, 6.45) is 13.8. The van der Waals surface area contributed by atoms with Crippen LogP contribution in [0.15, 0.2) is 36.9 Å². The van der Waals surface area contributed by atoms with E-state index in [2.05, 4.69) is 61.5 Å². The summed E-state index contributed by atoms with van der Waals surface area (Å²) in [6.45, 7) is 13.4. The Morgan fingerprint density at radius 2 is 1.63 bits per heavy atom. The Morgan fingerprint density at radius 1 is 1.04 bits per heavy atom. The number of hydrogen-bond donors (Lipinski definition) is 4. The summed E-state index contributed by atoms with van der Waals surface area (Å²) in [6, 6.07) is 4.83. The number of aldehydes is 1. The van der Waals surface area contributed by atoms with E-state index in [1.54, 1.807) is 0 Å². The van der Waals surface area contributed by atoms with Gasteiger partial charge in [-0.3, -0.25) is 19.2 Å². The summed E-state index contributed by atoms with van der Waals surface area (Å²) < 4.78 is 0. The Balaban J connectivity index is 0.00000145. The quantitative estimate of drug-likeness (QED) is 0.118. The number of Topliss-reactive ketones (excluding diaryl/α,β-unsaturated/α-hetero) is 1. The fraction of sp³-hybridized carbons (Fsp3) is 0.583. The van der Waals surface area contributed by atoms with Crippen molar-refractivity contribution in [2.45, 2.75) is 104 Å². The first kappa shape index (κ1) is 42.0. The van der Waals surface area contributed by atoms with Gasteiger partial charge in [0, 0.05) is 26.6 Å². The fourth-order valence-corrected chi connectivity index (χ4v) is 4.91. The number of hydrogen-bond acceptors (Lipinski definition) is 6. The van der Waals surface area contributed by atoms with Crippen molar-refractivity contribution in [1.29, 1.82) is 0 Å². The van der Waals surface area contributed by atoms with Crippen molar-refractivity contribution in [3.05, 3.63) is 48.0 Å². The van der Waals surface area contributed by atoms with Gasteiger partial charge in [0.05, 0.1) is 6.04 Å². The van der Waals surface area contributed by atoms with E-state index in [0.717, 1.165) is 17.7 Å². The summed E-state index contributed by atoms with van der Waals surface area (Å²) in [4.78, 5) is 63.3. The second-order valence-electron chi connectivity index (χ2n) is 11.2. The van der Waals surface area contributed by atoms with Gasteiger partial charge in [0.1, 0.15) is 12.1 Å². The number of likely N-dealkylation sites (N-methyl/N-ethyl adjacent to an activating group) is 1. The highest BCUT2D eigenvalue weighted by atomic mass is 16.2. The number of unbranched alkanes of at least 4 members (excludes halogenated alkanes) is 1. The van der Waals surface area contributed by atoms with Crippen LogP contribution in [0.4, 0.5) is 4.79 Å². The van der Waals surface area contributed by atoms with Gasteiger partial charge in [-0.05, 0) is 56.2 Å². The molecule has 0 aromatic heterocycles. The van der Waals surface area contributed by atoms with Crippen LogP contribution >= 0.6 is 0 Å². The maximum Gasteiger partial charge on any atom is 0.315 e. The van der Waals surface area contributed by atoms with Crippen LogP contribution in [0.3, 0.4) is 0 Å².